The van der Waals surface area contributed by atoms with Crippen molar-refractivity contribution in [1.29, 1.82) is 0 Å². The standard InChI is InChI=1S/C19H15BrN4O2S/c1-22-17-14(10-6-7-12(25-3)11(20)9-10)15-16(13-5-4-8-27-13)23-24(2)19(15)26-18(17)21/h4-9,14H,21H2,2-3H3. The second-order valence-corrected chi connectivity index (χ2v) is 7.76. The number of nitrogens with two attached hydrogens (primary N) is 1. The molecule has 1 unspecified atom stereocenters. The zero-order valence-corrected chi connectivity index (χ0v) is 17.0. The van der Waals surface area contributed by atoms with Gasteiger partial charge in [0.25, 0.3) is 0 Å². The van der Waals surface area contributed by atoms with Gasteiger partial charge in [0, 0.05) is 12.6 Å². The van der Waals surface area contributed by atoms with E-state index in [2.05, 4.69) is 25.9 Å². The molecule has 0 radical (unpaired) electrons. The highest BCUT2D eigenvalue weighted by molar-refractivity contribution is 9.10. The van der Waals surface area contributed by atoms with Crippen LogP contribution in [0, 0.1) is 6.57 Å². The van der Waals surface area contributed by atoms with Gasteiger partial charge in [-0.25, -0.2) is 9.53 Å². The monoisotopic (exact) mass is 442 g/mol. The molecule has 2 aromatic heterocycles. The van der Waals surface area contributed by atoms with Crippen molar-refractivity contribution in [3.8, 4) is 22.2 Å². The van der Waals surface area contributed by atoms with E-state index in [0.29, 0.717) is 11.6 Å². The van der Waals surface area contributed by atoms with Gasteiger partial charge in [-0.3, -0.25) is 0 Å². The summed E-state index contributed by atoms with van der Waals surface area (Å²) < 4.78 is 13.6. The molecule has 8 heteroatoms. The van der Waals surface area contributed by atoms with Crippen LogP contribution < -0.4 is 15.2 Å². The summed E-state index contributed by atoms with van der Waals surface area (Å²) in [6.45, 7) is 7.68. The molecular weight excluding hydrogens is 428 g/mol. The molecule has 2 N–H and O–H groups in total. The zero-order valence-electron chi connectivity index (χ0n) is 14.6. The van der Waals surface area contributed by atoms with Crippen molar-refractivity contribution in [2.24, 2.45) is 12.8 Å². The fourth-order valence-electron chi connectivity index (χ4n) is 3.24. The predicted molar refractivity (Wildman–Crippen MR) is 108 cm³/mol. The molecule has 136 valence electrons. The highest BCUT2D eigenvalue weighted by atomic mass is 79.9. The van der Waals surface area contributed by atoms with E-state index >= 15 is 0 Å². The van der Waals surface area contributed by atoms with Gasteiger partial charge in [0.2, 0.25) is 11.6 Å². The Morgan fingerprint density at radius 3 is 2.85 bits per heavy atom. The van der Waals surface area contributed by atoms with Gasteiger partial charge in [-0.15, -0.1) is 11.3 Å². The number of methoxy groups -OCH3 is 1. The summed E-state index contributed by atoms with van der Waals surface area (Å²) in [5.41, 5.74) is 9.00. The molecule has 0 bridgehead atoms. The number of nitrogens with zero attached hydrogens (tertiary/aromatic N) is 3. The maximum atomic E-state index is 7.68. The maximum Gasteiger partial charge on any atom is 0.235 e. The Morgan fingerprint density at radius 1 is 1.41 bits per heavy atom. The fourth-order valence-corrected chi connectivity index (χ4v) is 4.52. The number of thiophene rings is 1. The molecule has 3 aromatic rings. The summed E-state index contributed by atoms with van der Waals surface area (Å²) in [5.74, 6) is 1.01. The number of allylic oxidation sites excluding steroid dienone is 1. The number of rotatable bonds is 3. The molecule has 27 heavy (non-hydrogen) atoms. The van der Waals surface area contributed by atoms with E-state index in [4.69, 9.17) is 21.8 Å². The predicted octanol–water partition coefficient (Wildman–Crippen LogP) is 4.49. The third-order valence-corrected chi connectivity index (χ3v) is 5.93. The summed E-state index contributed by atoms with van der Waals surface area (Å²) in [4.78, 5) is 4.70. The number of hydrogen-bond donors (Lipinski definition) is 1. The Morgan fingerprint density at radius 2 is 2.22 bits per heavy atom. The highest BCUT2D eigenvalue weighted by Gasteiger charge is 2.37. The molecular formula is C19H15BrN4O2S. The van der Waals surface area contributed by atoms with Crippen molar-refractivity contribution >= 4 is 27.3 Å². The molecule has 0 amide bonds. The van der Waals surface area contributed by atoms with Crippen LogP contribution in [-0.2, 0) is 7.05 Å². The minimum Gasteiger partial charge on any atom is -0.496 e. The summed E-state index contributed by atoms with van der Waals surface area (Å²) in [5, 5.41) is 6.65. The highest BCUT2D eigenvalue weighted by Crippen LogP contribution is 2.48. The molecule has 1 aromatic carbocycles. The SMILES string of the molecule is [C-]#[N+]C1=C(N)Oc2c(c(-c3cccs3)nn2C)C1c1ccc(OC)c(Br)c1. The first kappa shape index (κ1) is 17.6. The summed E-state index contributed by atoms with van der Waals surface area (Å²) >= 11 is 5.13. The lowest BCUT2D eigenvalue weighted by atomic mass is 9.87. The second kappa shape index (κ2) is 6.76. The molecule has 1 atom stereocenters. The van der Waals surface area contributed by atoms with E-state index in [1.54, 1.807) is 23.1 Å². The van der Waals surface area contributed by atoms with Crippen molar-refractivity contribution < 1.29 is 9.47 Å². The number of fused-ring (bicyclic) bond motifs is 1. The summed E-state index contributed by atoms with van der Waals surface area (Å²) in [6, 6.07) is 9.74. The van der Waals surface area contributed by atoms with E-state index < -0.39 is 0 Å². The van der Waals surface area contributed by atoms with E-state index in [9.17, 15) is 0 Å². The average Bonchev–Trinajstić information content (AvgIpc) is 3.29. The number of aryl methyl sites for hydroxylation is 1. The summed E-state index contributed by atoms with van der Waals surface area (Å²) in [6.07, 6.45) is 0. The van der Waals surface area contributed by atoms with Gasteiger partial charge in [0.05, 0.1) is 28.9 Å². The Kier molecular flexibility index (Phi) is 4.42. The van der Waals surface area contributed by atoms with Gasteiger partial charge in [-0.2, -0.15) is 5.10 Å². The Balaban J connectivity index is 1.98. The van der Waals surface area contributed by atoms with Crippen molar-refractivity contribution in [3.05, 3.63) is 74.3 Å². The second-order valence-electron chi connectivity index (χ2n) is 5.96. The lowest BCUT2D eigenvalue weighted by Crippen LogP contribution is -2.21. The number of halogens is 1. The van der Waals surface area contributed by atoms with Crippen LogP contribution in [0.1, 0.15) is 17.0 Å². The molecule has 4 rings (SSSR count). The van der Waals surface area contributed by atoms with Crippen molar-refractivity contribution in [2.75, 3.05) is 7.11 Å². The van der Waals surface area contributed by atoms with Gasteiger partial charge in [0.15, 0.2) is 5.88 Å². The maximum absolute atomic E-state index is 7.68. The van der Waals surface area contributed by atoms with Crippen LogP contribution in [0.25, 0.3) is 15.4 Å². The third kappa shape index (κ3) is 2.80. The lowest BCUT2D eigenvalue weighted by molar-refractivity contribution is 0.357. The fraction of sp³-hybridized carbons (Fsp3) is 0.158. The summed E-state index contributed by atoms with van der Waals surface area (Å²) in [7, 11) is 3.43. The minimum atomic E-state index is -0.376. The van der Waals surface area contributed by atoms with E-state index in [1.165, 1.54) is 0 Å². The zero-order chi connectivity index (χ0) is 19.1. The van der Waals surface area contributed by atoms with Gasteiger partial charge in [0.1, 0.15) is 11.4 Å². The van der Waals surface area contributed by atoms with E-state index in [1.807, 2.05) is 42.8 Å². The van der Waals surface area contributed by atoms with Gasteiger partial charge in [-0.1, -0.05) is 12.1 Å². The molecule has 0 fully saturated rings. The quantitative estimate of drug-likeness (QED) is 0.606. The van der Waals surface area contributed by atoms with Crippen molar-refractivity contribution in [3.63, 3.8) is 0 Å². The minimum absolute atomic E-state index is 0.107. The van der Waals surface area contributed by atoms with Gasteiger partial charge in [-0.05, 0) is 45.1 Å². The van der Waals surface area contributed by atoms with Gasteiger partial charge >= 0.3 is 0 Å². The van der Waals surface area contributed by atoms with Crippen LogP contribution in [0.2, 0.25) is 0 Å². The van der Waals surface area contributed by atoms with Crippen LogP contribution in [0.15, 0.2) is 51.8 Å². The Hall–Kier alpha value is -2.76. The Bertz CT molecular complexity index is 1100. The topological polar surface area (TPSA) is 66.7 Å². The number of benzene rings is 1. The van der Waals surface area contributed by atoms with Crippen molar-refractivity contribution in [2.45, 2.75) is 5.92 Å². The largest absolute Gasteiger partial charge is 0.496 e. The van der Waals surface area contributed by atoms with Crippen molar-refractivity contribution in [1.82, 2.24) is 9.78 Å². The molecule has 1 aliphatic heterocycles. The molecule has 0 saturated carbocycles. The third-order valence-electron chi connectivity index (χ3n) is 4.43. The Labute approximate surface area is 168 Å². The van der Waals surface area contributed by atoms with E-state index in [0.717, 1.165) is 31.9 Å². The number of aromatic nitrogens is 2. The van der Waals surface area contributed by atoms with E-state index in [-0.39, 0.29) is 11.8 Å². The first-order chi connectivity index (χ1) is 13.0. The van der Waals surface area contributed by atoms with Crippen LogP contribution in [0.3, 0.4) is 0 Å². The number of hydrogen-bond acceptors (Lipinski definition) is 5. The average molecular weight is 443 g/mol. The first-order valence-electron chi connectivity index (χ1n) is 8.04. The lowest BCUT2D eigenvalue weighted by Gasteiger charge is -2.25. The molecule has 0 saturated heterocycles. The van der Waals surface area contributed by atoms with Crippen LogP contribution in [-0.4, -0.2) is 16.9 Å². The van der Waals surface area contributed by atoms with Crippen LogP contribution in [0.5, 0.6) is 11.6 Å². The molecule has 0 aliphatic carbocycles. The normalized spacial score (nSPS) is 15.9. The van der Waals surface area contributed by atoms with Gasteiger partial charge < -0.3 is 15.2 Å². The molecule has 0 spiro atoms. The smallest absolute Gasteiger partial charge is 0.235 e. The van der Waals surface area contributed by atoms with Crippen LogP contribution >= 0.6 is 27.3 Å². The molecule has 1 aliphatic rings. The van der Waals surface area contributed by atoms with Crippen LogP contribution in [0.4, 0.5) is 0 Å². The molecule has 3 heterocycles. The first-order valence-corrected chi connectivity index (χ1v) is 9.71. The number of ether oxygens (including phenoxy) is 2. The molecule has 6 nitrogen and oxygen atoms in total.